The van der Waals surface area contributed by atoms with Crippen LogP contribution in [0, 0.1) is 6.92 Å². The Hall–Kier alpha value is -2.34. The number of hydrogen-bond donors (Lipinski definition) is 2. The molecular weight excluding hydrogens is 527 g/mol. The fourth-order valence-corrected chi connectivity index (χ4v) is 3.80. The Morgan fingerprint density at radius 3 is 2.68 bits per heavy atom. The fourth-order valence-electron chi connectivity index (χ4n) is 3.09. The third-order valence-corrected chi connectivity index (χ3v) is 5.88. The van der Waals surface area contributed by atoms with Gasteiger partial charge >= 0.3 is 0 Å². The molecule has 1 aliphatic heterocycles. The van der Waals surface area contributed by atoms with E-state index in [-0.39, 0.29) is 24.0 Å². The second-order valence-corrected chi connectivity index (χ2v) is 8.04. The van der Waals surface area contributed by atoms with Crippen LogP contribution in [0.4, 0.5) is 0 Å². The minimum Gasteiger partial charge on any atom is -0.454 e. The normalized spacial score (nSPS) is 12.5. The Morgan fingerprint density at radius 2 is 1.94 bits per heavy atom. The van der Waals surface area contributed by atoms with E-state index in [0.29, 0.717) is 13.3 Å². The number of fused-ring (bicyclic) bond motifs is 1. The molecule has 4 rings (SSSR count). The van der Waals surface area contributed by atoms with Crippen LogP contribution in [-0.4, -0.2) is 40.6 Å². The number of guanidine groups is 1. The Balaban J connectivity index is 0.00000272. The minimum atomic E-state index is 0. The van der Waals surface area contributed by atoms with Crippen LogP contribution in [-0.2, 0) is 26.4 Å². The standard InChI is InChI=1S/C21H26N6O2S.HI/c1-15-25-26-20(27(15)2)13-24-21(23-10-8-17-4-3-11-30-17)22-9-7-16-5-6-18-19(12-16)29-14-28-18;/h3-6,11-12H,7-10,13-14H2,1-2H3,(H2,22,23,24);1H. The summed E-state index contributed by atoms with van der Waals surface area (Å²) < 4.78 is 12.8. The number of aromatic nitrogens is 3. The number of aliphatic imine (C=N–C) groups is 1. The van der Waals surface area contributed by atoms with Gasteiger partial charge in [-0.1, -0.05) is 12.1 Å². The van der Waals surface area contributed by atoms with Gasteiger partial charge in [0.1, 0.15) is 12.4 Å². The highest BCUT2D eigenvalue weighted by Crippen LogP contribution is 2.32. The van der Waals surface area contributed by atoms with Crippen molar-refractivity contribution in [1.29, 1.82) is 0 Å². The maximum absolute atomic E-state index is 5.46. The van der Waals surface area contributed by atoms with E-state index in [1.807, 2.05) is 30.7 Å². The van der Waals surface area contributed by atoms with Crippen LogP contribution in [0.25, 0.3) is 0 Å². The molecule has 8 nitrogen and oxygen atoms in total. The second-order valence-electron chi connectivity index (χ2n) is 7.01. The molecule has 0 spiro atoms. The number of nitrogens with one attached hydrogen (secondary N) is 2. The molecule has 1 aromatic carbocycles. The highest BCUT2D eigenvalue weighted by atomic mass is 127. The fraction of sp³-hybridized carbons (Fsp3) is 0.381. The van der Waals surface area contributed by atoms with Gasteiger partial charge in [0, 0.05) is 25.0 Å². The van der Waals surface area contributed by atoms with E-state index in [1.165, 1.54) is 10.4 Å². The van der Waals surface area contributed by atoms with Crippen molar-refractivity contribution in [2.45, 2.75) is 26.3 Å². The number of rotatable bonds is 8. The number of benzene rings is 1. The summed E-state index contributed by atoms with van der Waals surface area (Å²) in [7, 11) is 1.96. The van der Waals surface area contributed by atoms with Crippen molar-refractivity contribution in [2.24, 2.45) is 12.0 Å². The molecule has 2 N–H and O–H groups in total. The van der Waals surface area contributed by atoms with E-state index < -0.39 is 0 Å². The molecule has 2 aromatic heterocycles. The summed E-state index contributed by atoms with van der Waals surface area (Å²) in [6.45, 7) is 4.26. The maximum Gasteiger partial charge on any atom is 0.231 e. The number of hydrogen-bond acceptors (Lipinski definition) is 6. The summed E-state index contributed by atoms with van der Waals surface area (Å²) in [5.41, 5.74) is 1.19. The Morgan fingerprint density at radius 1 is 1.13 bits per heavy atom. The van der Waals surface area contributed by atoms with E-state index in [2.05, 4.69) is 44.4 Å². The van der Waals surface area contributed by atoms with Crippen LogP contribution in [0.15, 0.2) is 40.7 Å². The predicted octanol–water partition coefficient (Wildman–Crippen LogP) is 3.05. The quantitative estimate of drug-likeness (QED) is 0.253. The van der Waals surface area contributed by atoms with Crippen molar-refractivity contribution in [3.05, 3.63) is 57.8 Å². The van der Waals surface area contributed by atoms with Crippen molar-refractivity contribution < 1.29 is 9.47 Å². The summed E-state index contributed by atoms with van der Waals surface area (Å²) in [5, 5.41) is 17.3. The zero-order chi connectivity index (χ0) is 20.8. The lowest BCUT2D eigenvalue weighted by atomic mass is 10.1. The lowest BCUT2D eigenvalue weighted by Crippen LogP contribution is -2.39. The molecule has 10 heteroatoms. The van der Waals surface area contributed by atoms with Gasteiger partial charge in [-0.3, -0.25) is 0 Å². The van der Waals surface area contributed by atoms with E-state index in [0.717, 1.165) is 55.0 Å². The van der Waals surface area contributed by atoms with Crippen molar-refractivity contribution in [3.8, 4) is 11.5 Å². The Bertz CT molecular complexity index is 1010. The lowest BCUT2D eigenvalue weighted by Gasteiger charge is -2.13. The van der Waals surface area contributed by atoms with Gasteiger partial charge < -0.3 is 24.7 Å². The van der Waals surface area contributed by atoms with Gasteiger partial charge in [-0.15, -0.1) is 45.5 Å². The minimum absolute atomic E-state index is 0. The SMILES string of the molecule is Cc1nnc(CN=C(NCCc2ccc3c(c2)OCO3)NCCc2cccs2)n1C.I. The molecule has 0 aliphatic carbocycles. The largest absolute Gasteiger partial charge is 0.454 e. The Kier molecular flexibility index (Phi) is 8.52. The molecule has 166 valence electrons. The lowest BCUT2D eigenvalue weighted by molar-refractivity contribution is 0.174. The maximum atomic E-state index is 5.46. The van der Waals surface area contributed by atoms with E-state index in [9.17, 15) is 0 Å². The summed E-state index contributed by atoms with van der Waals surface area (Å²) in [4.78, 5) is 6.06. The third kappa shape index (κ3) is 6.33. The molecule has 0 saturated carbocycles. The molecular formula is C21H27IN6O2S. The molecule has 3 aromatic rings. The van der Waals surface area contributed by atoms with Gasteiger partial charge in [-0.05, 0) is 48.9 Å². The number of nitrogens with zero attached hydrogens (tertiary/aromatic N) is 4. The average Bonchev–Trinajstić information content (AvgIpc) is 3.49. The van der Waals surface area contributed by atoms with Gasteiger partial charge in [-0.2, -0.15) is 0 Å². The zero-order valence-electron chi connectivity index (χ0n) is 17.6. The van der Waals surface area contributed by atoms with Crippen LogP contribution in [0.5, 0.6) is 11.5 Å². The van der Waals surface area contributed by atoms with Gasteiger partial charge in [0.05, 0.1) is 0 Å². The smallest absolute Gasteiger partial charge is 0.231 e. The second kappa shape index (κ2) is 11.3. The number of aryl methyl sites for hydroxylation is 1. The van der Waals surface area contributed by atoms with Crippen LogP contribution in [0.2, 0.25) is 0 Å². The summed E-state index contributed by atoms with van der Waals surface area (Å²) in [6, 6.07) is 10.3. The summed E-state index contributed by atoms with van der Waals surface area (Å²) in [6.07, 6.45) is 1.81. The van der Waals surface area contributed by atoms with Crippen LogP contribution >= 0.6 is 35.3 Å². The molecule has 31 heavy (non-hydrogen) atoms. The van der Waals surface area contributed by atoms with Crippen molar-refractivity contribution in [1.82, 2.24) is 25.4 Å². The van der Waals surface area contributed by atoms with Gasteiger partial charge in [0.2, 0.25) is 6.79 Å². The van der Waals surface area contributed by atoms with E-state index >= 15 is 0 Å². The van der Waals surface area contributed by atoms with E-state index in [1.54, 1.807) is 11.3 Å². The predicted molar refractivity (Wildman–Crippen MR) is 133 cm³/mol. The third-order valence-electron chi connectivity index (χ3n) is 4.95. The molecule has 0 atom stereocenters. The first-order valence-corrected chi connectivity index (χ1v) is 10.8. The van der Waals surface area contributed by atoms with Gasteiger partial charge in [-0.25, -0.2) is 4.99 Å². The summed E-state index contributed by atoms with van der Waals surface area (Å²) in [5.74, 6) is 4.11. The van der Waals surface area contributed by atoms with Crippen LogP contribution in [0.1, 0.15) is 22.1 Å². The number of halogens is 1. The van der Waals surface area contributed by atoms with Gasteiger partial charge in [0.15, 0.2) is 23.3 Å². The van der Waals surface area contributed by atoms with Crippen molar-refractivity contribution in [2.75, 3.05) is 19.9 Å². The Labute approximate surface area is 203 Å². The first-order valence-electron chi connectivity index (χ1n) is 9.97. The molecule has 0 bridgehead atoms. The van der Waals surface area contributed by atoms with Crippen molar-refractivity contribution >= 4 is 41.3 Å². The van der Waals surface area contributed by atoms with Crippen molar-refractivity contribution in [3.63, 3.8) is 0 Å². The summed E-state index contributed by atoms with van der Waals surface area (Å²) >= 11 is 1.77. The first kappa shape index (κ1) is 23.3. The molecule has 3 heterocycles. The monoisotopic (exact) mass is 554 g/mol. The molecule has 0 saturated heterocycles. The highest BCUT2D eigenvalue weighted by molar-refractivity contribution is 14.0. The molecule has 0 radical (unpaired) electrons. The van der Waals surface area contributed by atoms with Crippen LogP contribution < -0.4 is 20.1 Å². The zero-order valence-corrected chi connectivity index (χ0v) is 20.8. The van der Waals surface area contributed by atoms with Crippen LogP contribution in [0.3, 0.4) is 0 Å². The van der Waals surface area contributed by atoms with E-state index in [4.69, 9.17) is 14.5 Å². The average molecular weight is 554 g/mol. The highest BCUT2D eigenvalue weighted by Gasteiger charge is 2.13. The first-order chi connectivity index (χ1) is 14.7. The molecule has 0 fully saturated rings. The number of ether oxygens (including phenoxy) is 2. The molecule has 1 aliphatic rings. The molecule has 0 amide bonds. The molecule has 0 unspecified atom stereocenters. The van der Waals surface area contributed by atoms with Gasteiger partial charge in [0.25, 0.3) is 0 Å². The topological polar surface area (TPSA) is 85.6 Å². The number of thiophene rings is 1.